The maximum atomic E-state index is 12.3. The Morgan fingerprint density at radius 2 is 1.86 bits per heavy atom. The molecule has 1 aliphatic rings. The van der Waals surface area contributed by atoms with Crippen LogP contribution in [-0.4, -0.2) is 41.9 Å². The number of benzene rings is 1. The van der Waals surface area contributed by atoms with Gasteiger partial charge in [-0.25, -0.2) is 0 Å². The van der Waals surface area contributed by atoms with Gasteiger partial charge in [-0.05, 0) is 23.1 Å². The second-order valence-electron chi connectivity index (χ2n) is 5.26. The van der Waals surface area contributed by atoms with E-state index < -0.39 is 0 Å². The van der Waals surface area contributed by atoms with E-state index in [1.807, 2.05) is 34.5 Å². The highest BCUT2D eigenvalue weighted by molar-refractivity contribution is 7.12. The summed E-state index contributed by atoms with van der Waals surface area (Å²) in [5.74, 6) is 0.135. The number of carbonyl (C=O) groups excluding carboxylic acids is 1. The van der Waals surface area contributed by atoms with E-state index in [0.717, 1.165) is 43.2 Å². The summed E-state index contributed by atoms with van der Waals surface area (Å²) >= 11 is 13.8. The lowest BCUT2D eigenvalue weighted by Crippen LogP contribution is -2.48. The van der Waals surface area contributed by atoms with Crippen molar-refractivity contribution in [2.45, 2.75) is 6.54 Å². The van der Waals surface area contributed by atoms with E-state index in [2.05, 4.69) is 4.90 Å². The van der Waals surface area contributed by atoms with Crippen molar-refractivity contribution < 1.29 is 4.79 Å². The van der Waals surface area contributed by atoms with Crippen LogP contribution in [0, 0.1) is 0 Å². The molecule has 0 spiro atoms. The summed E-state index contributed by atoms with van der Waals surface area (Å²) in [4.78, 5) is 17.3. The molecule has 22 heavy (non-hydrogen) atoms. The molecule has 3 rings (SSSR count). The molecule has 6 heteroatoms. The summed E-state index contributed by atoms with van der Waals surface area (Å²) in [6.07, 6.45) is 0. The Kier molecular flexibility index (Phi) is 5.03. The summed E-state index contributed by atoms with van der Waals surface area (Å²) in [5.41, 5.74) is 1.03. The summed E-state index contributed by atoms with van der Waals surface area (Å²) in [6.45, 7) is 3.95. The highest BCUT2D eigenvalue weighted by Gasteiger charge is 2.23. The van der Waals surface area contributed by atoms with Gasteiger partial charge in [0.25, 0.3) is 5.91 Å². The van der Waals surface area contributed by atoms with Gasteiger partial charge in [0.15, 0.2) is 0 Å². The largest absolute Gasteiger partial charge is 0.335 e. The van der Waals surface area contributed by atoms with Crippen molar-refractivity contribution in [1.82, 2.24) is 9.80 Å². The molecule has 0 aliphatic carbocycles. The zero-order valence-electron chi connectivity index (χ0n) is 12.0. The minimum Gasteiger partial charge on any atom is -0.335 e. The number of hydrogen-bond acceptors (Lipinski definition) is 3. The minimum atomic E-state index is 0.135. The molecule has 2 heterocycles. The lowest BCUT2D eigenvalue weighted by molar-refractivity contribution is 0.0633. The molecule has 1 aromatic carbocycles. The molecule has 0 bridgehead atoms. The van der Waals surface area contributed by atoms with Crippen molar-refractivity contribution >= 4 is 40.4 Å². The second-order valence-corrected chi connectivity index (χ2v) is 6.99. The highest BCUT2D eigenvalue weighted by Crippen LogP contribution is 2.26. The molecule has 0 radical (unpaired) electrons. The number of carbonyl (C=O) groups is 1. The van der Waals surface area contributed by atoms with Crippen LogP contribution in [0.4, 0.5) is 0 Å². The Morgan fingerprint density at radius 3 is 2.55 bits per heavy atom. The molecule has 1 saturated heterocycles. The third-order valence-electron chi connectivity index (χ3n) is 3.82. The normalized spacial score (nSPS) is 16.0. The lowest BCUT2D eigenvalue weighted by Gasteiger charge is -2.34. The van der Waals surface area contributed by atoms with Crippen molar-refractivity contribution in [3.05, 3.63) is 56.2 Å². The van der Waals surface area contributed by atoms with E-state index in [0.29, 0.717) is 10.0 Å². The van der Waals surface area contributed by atoms with Gasteiger partial charge in [0.05, 0.1) is 14.9 Å². The number of rotatable bonds is 3. The maximum Gasteiger partial charge on any atom is 0.264 e. The number of halogens is 2. The van der Waals surface area contributed by atoms with Crippen molar-refractivity contribution in [3.8, 4) is 0 Å². The first-order valence-corrected chi connectivity index (χ1v) is 8.77. The minimum absolute atomic E-state index is 0.135. The monoisotopic (exact) mass is 354 g/mol. The predicted molar refractivity (Wildman–Crippen MR) is 92.0 cm³/mol. The molecule has 116 valence electrons. The van der Waals surface area contributed by atoms with Gasteiger partial charge in [-0.15, -0.1) is 11.3 Å². The van der Waals surface area contributed by atoms with E-state index in [4.69, 9.17) is 23.2 Å². The molecule has 1 fully saturated rings. The molecule has 0 N–H and O–H groups in total. The van der Waals surface area contributed by atoms with E-state index in [-0.39, 0.29) is 5.91 Å². The van der Waals surface area contributed by atoms with E-state index in [1.54, 1.807) is 6.07 Å². The summed E-state index contributed by atoms with van der Waals surface area (Å²) < 4.78 is 0. The fourth-order valence-corrected chi connectivity index (χ4v) is 3.65. The number of hydrogen-bond donors (Lipinski definition) is 0. The molecule has 1 amide bonds. The highest BCUT2D eigenvalue weighted by atomic mass is 35.5. The molecule has 0 saturated carbocycles. The van der Waals surface area contributed by atoms with Crippen LogP contribution in [0.1, 0.15) is 15.2 Å². The van der Waals surface area contributed by atoms with Crippen molar-refractivity contribution in [2.75, 3.05) is 26.2 Å². The van der Waals surface area contributed by atoms with Crippen LogP contribution in [0.5, 0.6) is 0 Å². The van der Waals surface area contributed by atoms with E-state index in [9.17, 15) is 4.79 Å². The molecule has 0 unspecified atom stereocenters. The number of thiophene rings is 1. The molecule has 1 aromatic heterocycles. The molecule has 2 aromatic rings. The Balaban J connectivity index is 1.58. The average Bonchev–Trinajstić information content (AvgIpc) is 3.06. The predicted octanol–water partition coefficient (Wildman–Crippen LogP) is 4.01. The van der Waals surface area contributed by atoms with Crippen molar-refractivity contribution in [3.63, 3.8) is 0 Å². The zero-order chi connectivity index (χ0) is 15.5. The fraction of sp³-hybridized carbons (Fsp3) is 0.312. The summed E-state index contributed by atoms with van der Waals surface area (Å²) in [5, 5.41) is 3.15. The molecule has 1 aliphatic heterocycles. The van der Waals surface area contributed by atoms with Crippen molar-refractivity contribution in [1.29, 1.82) is 0 Å². The van der Waals surface area contributed by atoms with E-state index in [1.165, 1.54) is 11.3 Å². The third kappa shape index (κ3) is 3.46. The van der Waals surface area contributed by atoms with Gasteiger partial charge in [0.1, 0.15) is 0 Å². The number of nitrogens with zero attached hydrogens (tertiary/aromatic N) is 2. The quantitative estimate of drug-likeness (QED) is 0.831. The summed E-state index contributed by atoms with van der Waals surface area (Å²) in [6, 6.07) is 9.50. The van der Waals surface area contributed by atoms with Crippen LogP contribution in [-0.2, 0) is 6.54 Å². The first kappa shape index (κ1) is 15.8. The number of piperazine rings is 1. The lowest BCUT2D eigenvalue weighted by atomic mass is 10.2. The first-order chi connectivity index (χ1) is 10.6. The van der Waals surface area contributed by atoms with Crippen molar-refractivity contribution in [2.24, 2.45) is 0 Å². The zero-order valence-corrected chi connectivity index (χ0v) is 14.3. The molecular formula is C16H16Cl2N2OS. The van der Waals surface area contributed by atoms with Gasteiger partial charge in [-0.2, -0.15) is 0 Å². The second kappa shape index (κ2) is 7.01. The molecule has 3 nitrogen and oxygen atoms in total. The van der Waals surface area contributed by atoms with Gasteiger partial charge >= 0.3 is 0 Å². The van der Waals surface area contributed by atoms with Gasteiger partial charge in [0.2, 0.25) is 0 Å². The van der Waals surface area contributed by atoms with E-state index >= 15 is 0 Å². The maximum absolute atomic E-state index is 12.3. The first-order valence-electron chi connectivity index (χ1n) is 7.13. The Bertz CT molecular complexity index is 652. The van der Waals surface area contributed by atoms with Gasteiger partial charge in [-0.1, -0.05) is 41.4 Å². The third-order valence-corrected chi connectivity index (χ3v) is 5.53. The standard InChI is InChI=1S/C16H16Cl2N2OS/c17-13-4-1-3-12(15(13)18)11-19-6-8-20(9-7-19)16(21)14-5-2-10-22-14/h1-5,10H,6-9,11H2. The van der Waals surface area contributed by atoms with Crippen LogP contribution in [0.15, 0.2) is 35.7 Å². The van der Waals surface area contributed by atoms with Crippen LogP contribution >= 0.6 is 34.5 Å². The molecular weight excluding hydrogens is 339 g/mol. The Hall–Kier alpha value is -1.07. The van der Waals surface area contributed by atoms with Crippen LogP contribution in [0.25, 0.3) is 0 Å². The van der Waals surface area contributed by atoms with Gasteiger partial charge < -0.3 is 4.90 Å². The molecule has 0 atom stereocenters. The Labute approximate surface area is 144 Å². The Morgan fingerprint density at radius 1 is 1.09 bits per heavy atom. The SMILES string of the molecule is O=C(c1cccs1)N1CCN(Cc2cccc(Cl)c2Cl)CC1. The smallest absolute Gasteiger partial charge is 0.264 e. The number of amides is 1. The summed E-state index contributed by atoms with van der Waals surface area (Å²) in [7, 11) is 0. The van der Waals surface area contributed by atoms with Gasteiger partial charge in [0, 0.05) is 32.7 Å². The fourth-order valence-electron chi connectivity index (χ4n) is 2.58. The average molecular weight is 355 g/mol. The van der Waals surface area contributed by atoms with Crippen LogP contribution < -0.4 is 0 Å². The topological polar surface area (TPSA) is 23.6 Å². The van der Waals surface area contributed by atoms with Gasteiger partial charge in [-0.3, -0.25) is 9.69 Å². The van der Waals surface area contributed by atoms with Crippen LogP contribution in [0.3, 0.4) is 0 Å². The van der Waals surface area contributed by atoms with Crippen LogP contribution in [0.2, 0.25) is 10.0 Å².